The lowest BCUT2D eigenvalue weighted by Crippen LogP contribution is -2.20. The summed E-state index contributed by atoms with van der Waals surface area (Å²) in [4.78, 5) is 23.4. The first-order chi connectivity index (χ1) is 11.1. The monoisotopic (exact) mass is 312 g/mol. The Kier molecular flexibility index (Phi) is 3.89. The number of anilines is 1. The lowest BCUT2D eigenvalue weighted by molar-refractivity contribution is 0.0880. The number of carbonyl (C=O) groups excluding carboxylic acids is 2. The molecule has 1 heterocycles. The number of rotatable bonds is 5. The molecule has 0 unspecified atom stereocenters. The highest BCUT2D eigenvalue weighted by atomic mass is 16.3. The van der Waals surface area contributed by atoms with Crippen LogP contribution in [-0.2, 0) is 6.42 Å². The fraction of sp³-hybridized carbons (Fsp3) is 0.176. The van der Waals surface area contributed by atoms with E-state index in [4.69, 9.17) is 0 Å². The zero-order valence-corrected chi connectivity index (χ0v) is 12.3. The first-order valence-electron chi connectivity index (χ1n) is 7.29. The number of hydrogen-bond donors (Lipinski definition) is 4. The normalized spacial score (nSPS) is 12.9. The van der Waals surface area contributed by atoms with Gasteiger partial charge in [-0.1, -0.05) is 12.1 Å². The average Bonchev–Trinajstić information content (AvgIpc) is 2.81. The molecule has 118 valence electrons. The molecule has 4 N–H and O–H groups in total. The topological polar surface area (TPSA) is 98.7 Å². The van der Waals surface area contributed by atoms with Crippen LogP contribution >= 0.6 is 0 Å². The highest BCUT2D eigenvalue weighted by Gasteiger charge is 2.28. The third-order valence-electron chi connectivity index (χ3n) is 3.77. The molecule has 0 aliphatic carbocycles. The Labute approximate surface area is 132 Å². The third-order valence-corrected chi connectivity index (χ3v) is 3.77. The molecule has 23 heavy (non-hydrogen) atoms. The molecule has 0 fully saturated rings. The summed E-state index contributed by atoms with van der Waals surface area (Å²) in [5.74, 6) is -0.664. The van der Waals surface area contributed by atoms with Gasteiger partial charge in [0.05, 0.1) is 11.1 Å². The Hall–Kier alpha value is -3.02. The highest BCUT2D eigenvalue weighted by Crippen LogP contribution is 2.25. The van der Waals surface area contributed by atoms with Gasteiger partial charge in [0.15, 0.2) is 0 Å². The summed E-state index contributed by atoms with van der Waals surface area (Å²) in [6.07, 6.45) is 1.34. The van der Waals surface area contributed by atoms with Crippen LogP contribution in [0, 0.1) is 0 Å². The summed E-state index contributed by atoms with van der Waals surface area (Å²) in [5, 5.41) is 24.4. The smallest absolute Gasteiger partial charge is 0.261 e. The van der Waals surface area contributed by atoms with Crippen LogP contribution in [0.5, 0.6) is 11.5 Å². The molecule has 0 atom stereocenters. The van der Waals surface area contributed by atoms with Gasteiger partial charge in [-0.2, -0.15) is 0 Å². The molecular weight excluding hydrogens is 296 g/mol. The van der Waals surface area contributed by atoms with E-state index in [9.17, 15) is 19.8 Å². The van der Waals surface area contributed by atoms with E-state index in [2.05, 4.69) is 10.6 Å². The molecule has 0 saturated heterocycles. The molecule has 6 nitrogen and oxygen atoms in total. The van der Waals surface area contributed by atoms with Gasteiger partial charge in [-0.3, -0.25) is 14.9 Å². The fourth-order valence-corrected chi connectivity index (χ4v) is 2.63. The van der Waals surface area contributed by atoms with Crippen molar-refractivity contribution in [3.8, 4) is 11.5 Å². The van der Waals surface area contributed by atoms with E-state index in [0.717, 1.165) is 12.0 Å². The quantitative estimate of drug-likeness (QED) is 0.500. The summed E-state index contributed by atoms with van der Waals surface area (Å²) >= 11 is 0. The molecule has 2 aromatic rings. The van der Waals surface area contributed by atoms with Crippen LogP contribution < -0.4 is 10.6 Å². The number of aryl methyl sites for hydroxylation is 1. The summed E-state index contributed by atoms with van der Waals surface area (Å²) < 4.78 is 0. The molecule has 6 heteroatoms. The first-order valence-corrected chi connectivity index (χ1v) is 7.29. The maximum Gasteiger partial charge on any atom is 0.261 e. The molecule has 0 saturated carbocycles. The van der Waals surface area contributed by atoms with E-state index < -0.39 is 0 Å². The minimum Gasteiger partial charge on any atom is -0.508 e. The number of phenolic OH excluding ortho intramolecular Hbond substituents is 2. The van der Waals surface area contributed by atoms with Gasteiger partial charge >= 0.3 is 0 Å². The summed E-state index contributed by atoms with van der Waals surface area (Å²) in [6, 6.07) is 9.62. The summed E-state index contributed by atoms with van der Waals surface area (Å²) in [7, 11) is 0. The second-order valence-corrected chi connectivity index (χ2v) is 5.35. The predicted octanol–water partition coefficient (Wildman–Crippen LogP) is 2.03. The van der Waals surface area contributed by atoms with Crippen LogP contribution in [0.25, 0.3) is 0 Å². The Bertz CT molecular complexity index is 786. The third kappa shape index (κ3) is 2.96. The number of benzene rings is 2. The van der Waals surface area contributed by atoms with E-state index in [-0.39, 0.29) is 23.3 Å². The van der Waals surface area contributed by atoms with E-state index in [0.29, 0.717) is 29.8 Å². The van der Waals surface area contributed by atoms with E-state index in [1.54, 1.807) is 24.3 Å². The Morgan fingerprint density at radius 3 is 2.65 bits per heavy atom. The lowest BCUT2D eigenvalue weighted by Gasteiger charge is -2.10. The van der Waals surface area contributed by atoms with Crippen molar-refractivity contribution in [2.45, 2.75) is 12.8 Å². The maximum atomic E-state index is 11.8. The number of imide groups is 1. The van der Waals surface area contributed by atoms with Crippen molar-refractivity contribution in [3.05, 3.63) is 53.1 Å². The second-order valence-electron chi connectivity index (χ2n) is 5.35. The number of fused-ring (bicyclic) bond motifs is 1. The molecule has 0 aromatic heterocycles. The van der Waals surface area contributed by atoms with Crippen molar-refractivity contribution in [3.63, 3.8) is 0 Å². The molecule has 0 radical (unpaired) electrons. The van der Waals surface area contributed by atoms with Gasteiger partial charge in [0.1, 0.15) is 11.5 Å². The Morgan fingerprint density at radius 2 is 1.87 bits per heavy atom. The second kappa shape index (κ2) is 6.00. The SMILES string of the molecule is O=C1NC(=O)c2c(NCCCc3ccc(O)cc3O)cccc21. The van der Waals surface area contributed by atoms with Gasteiger partial charge in [0, 0.05) is 18.3 Å². The van der Waals surface area contributed by atoms with Crippen LogP contribution in [0.2, 0.25) is 0 Å². The molecular formula is C17H16N2O4. The maximum absolute atomic E-state index is 11.8. The highest BCUT2D eigenvalue weighted by molar-refractivity contribution is 6.23. The van der Waals surface area contributed by atoms with Gasteiger partial charge in [-0.15, -0.1) is 0 Å². The van der Waals surface area contributed by atoms with Gasteiger partial charge in [0.2, 0.25) is 0 Å². The Morgan fingerprint density at radius 1 is 1.04 bits per heavy atom. The summed E-state index contributed by atoms with van der Waals surface area (Å²) in [5.41, 5.74) is 2.14. The minimum atomic E-state index is -0.385. The van der Waals surface area contributed by atoms with Gasteiger partial charge < -0.3 is 15.5 Å². The van der Waals surface area contributed by atoms with Crippen LogP contribution in [0.3, 0.4) is 0 Å². The molecule has 0 spiro atoms. The van der Waals surface area contributed by atoms with Crippen LogP contribution in [0.4, 0.5) is 5.69 Å². The number of phenols is 2. The zero-order chi connectivity index (χ0) is 16.4. The molecule has 0 bridgehead atoms. The van der Waals surface area contributed by atoms with Crippen molar-refractivity contribution < 1.29 is 19.8 Å². The molecule has 1 aliphatic heterocycles. The predicted molar refractivity (Wildman–Crippen MR) is 84.8 cm³/mol. The number of nitrogens with one attached hydrogen (secondary N) is 2. The number of aromatic hydroxyl groups is 2. The molecule has 3 rings (SSSR count). The minimum absolute atomic E-state index is 0.0277. The zero-order valence-electron chi connectivity index (χ0n) is 12.3. The summed E-state index contributed by atoms with van der Waals surface area (Å²) in [6.45, 7) is 0.582. The molecule has 1 aliphatic rings. The van der Waals surface area contributed by atoms with Crippen molar-refractivity contribution in [2.24, 2.45) is 0 Å². The van der Waals surface area contributed by atoms with Crippen molar-refractivity contribution in [1.82, 2.24) is 5.32 Å². The Balaban J connectivity index is 1.62. The van der Waals surface area contributed by atoms with Crippen LogP contribution in [0.15, 0.2) is 36.4 Å². The van der Waals surface area contributed by atoms with Crippen molar-refractivity contribution in [2.75, 3.05) is 11.9 Å². The fourth-order valence-electron chi connectivity index (χ4n) is 2.63. The number of hydrogen-bond acceptors (Lipinski definition) is 5. The van der Waals surface area contributed by atoms with E-state index >= 15 is 0 Å². The van der Waals surface area contributed by atoms with E-state index in [1.807, 2.05) is 0 Å². The number of amides is 2. The van der Waals surface area contributed by atoms with Gasteiger partial charge in [0.25, 0.3) is 11.8 Å². The van der Waals surface area contributed by atoms with Crippen molar-refractivity contribution >= 4 is 17.5 Å². The van der Waals surface area contributed by atoms with E-state index in [1.165, 1.54) is 12.1 Å². The van der Waals surface area contributed by atoms with Gasteiger partial charge in [-0.05, 0) is 36.6 Å². The van der Waals surface area contributed by atoms with Crippen molar-refractivity contribution in [1.29, 1.82) is 0 Å². The standard InChI is InChI=1S/C17H16N2O4/c20-11-7-6-10(14(21)9-11)3-2-8-18-13-5-1-4-12-15(13)17(23)19-16(12)22/h1,4-7,9,18,20-21H,2-3,8H2,(H,19,22,23). The van der Waals surface area contributed by atoms with Crippen LogP contribution in [0.1, 0.15) is 32.7 Å². The lowest BCUT2D eigenvalue weighted by atomic mass is 10.1. The first kappa shape index (κ1) is 14.9. The average molecular weight is 312 g/mol. The molecule has 2 aromatic carbocycles. The number of carbonyl (C=O) groups is 2. The largest absolute Gasteiger partial charge is 0.508 e. The van der Waals surface area contributed by atoms with Gasteiger partial charge in [-0.25, -0.2) is 0 Å². The van der Waals surface area contributed by atoms with Crippen LogP contribution in [-0.4, -0.2) is 28.6 Å². The molecule has 2 amide bonds.